The smallest absolute Gasteiger partial charge is 0.341 e. The molecule has 19 heavy (non-hydrogen) atoms. The summed E-state index contributed by atoms with van der Waals surface area (Å²) < 4.78 is 48.1. The summed E-state index contributed by atoms with van der Waals surface area (Å²) in [7, 11) is -4.60. The number of nitrogens with two attached hydrogens (primary N) is 1. The van der Waals surface area contributed by atoms with Crippen LogP contribution in [0.4, 0.5) is 14.5 Å². The van der Waals surface area contributed by atoms with Crippen molar-refractivity contribution in [1.82, 2.24) is 0 Å². The van der Waals surface area contributed by atoms with E-state index in [0.29, 0.717) is 6.54 Å². The molecule has 7 heteroatoms. The van der Waals surface area contributed by atoms with Gasteiger partial charge in [0.2, 0.25) is 9.84 Å². The molecule has 0 heterocycles. The van der Waals surface area contributed by atoms with E-state index in [1.54, 1.807) is 6.07 Å². The predicted molar refractivity (Wildman–Crippen MR) is 71.0 cm³/mol. The lowest BCUT2D eigenvalue weighted by atomic mass is 10.2. The first-order valence-corrected chi connectivity index (χ1v) is 7.54. The molecule has 1 atom stereocenters. The third-order valence-corrected chi connectivity index (χ3v) is 4.08. The standard InChI is InChI=1S/C12H18F2N2O2S/c1-2-5-9(15)8-16-10-6-3-4-7-11(10)19(17,18)12(13)14/h3-4,6-7,9,12,16H,2,5,8,15H2,1H3. The van der Waals surface area contributed by atoms with Crippen molar-refractivity contribution in [3.05, 3.63) is 24.3 Å². The second-order valence-electron chi connectivity index (χ2n) is 4.23. The molecule has 0 aliphatic carbocycles. The monoisotopic (exact) mass is 292 g/mol. The Morgan fingerprint density at radius 1 is 1.32 bits per heavy atom. The van der Waals surface area contributed by atoms with Crippen LogP contribution in [-0.2, 0) is 9.84 Å². The minimum Gasteiger partial charge on any atom is -0.382 e. The van der Waals surface area contributed by atoms with Crippen LogP contribution in [0, 0.1) is 0 Å². The van der Waals surface area contributed by atoms with Gasteiger partial charge in [-0.2, -0.15) is 8.78 Å². The maximum absolute atomic E-state index is 12.6. The highest BCUT2D eigenvalue weighted by Gasteiger charge is 2.28. The van der Waals surface area contributed by atoms with Gasteiger partial charge in [0, 0.05) is 12.6 Å². The summed E-state index contributed by atoms with van der Waals surface area (Å²) in [5.41, 5.74) is 5.95. The van der Waals surface area contributed by atoms with Gasteiger partial charge in [-0.3, -0.25) is 0 Å². The van der Waals surface area contributed by atoms with Crippen LogP contribution in [0.1, 0.15) is 19.8 Å². The van der Waals surface area contributed by atoms with Crippen LogP contribution in [0.5, 0.6) is 0 Å². The number of halogens is 2. The molecule has 3 N–H and O–H groups in total. The molecule has 0 radical (unpaired) electrons. The number of hydrogen-bond donors (Lipinski definition) is 2. The topological polar surface area (TPSA) is 72.2 Å². The third-order valence-electron chi connectivity index (χ3n) is 2.64. The van der Waals surface area contributed by atoms with E-state index in [0.717, 1.165) is 18.9 Å². The number of nitrogens with one attached hydrogen (secondary N) is 1. The quantitative estimate of drug-likeness (QED) is 0.808. The van der Waals surface area contributed by atoms with Crippen molar-refractivity contribution in [3.8, 4) is 0 Å². The van der Waals surface area contributed by atoms with E-state index in [4.69, 9.17) is 5.73 Å². The Kier molecular flexibility index (Phi) is 5.68. The molecule has 1 aromatic carbocycles. The molecule has 0 spiro atoms. The number of benzene rings is 1. The van der Waals surface area contributed by atoms with E-state index in [1.165, 1.54) is 12.1 Å². The van der Waals surface area contributed by atoms with Gasteiger partial charge < -0.3 is 11.1 Å². The lowest BCUT2D eigenvalue weighted by Gasteiger charge is -2.15. The summed E-state index contributed by atoms with van der Waals surface area (Å²) in [6, 6.07) is 5.46. The molecule has 4 nitrogen and oxygen atoms in total. The highest BCUT2D eigenvalue weighted by molar-refractivity contribution is 7.91. The summed E-state index contributed by atoms with van der Waals surface area (Å²) in [5, 5.41) is 2.82. The number of hydrogen-bond acceptors (Lipinski definition) is 4. The van der Waals surface area contributed by atoms with Crippen LogP contribution in [0.2, 0.25) is 0 Å². The molecule has 0 saturated carbocycles. The summed E-state index contributed by atoms with van der Waals surface area (Å²) in [4.78, 5) is -0.395. The molecule has 1 aromatic rings. The van der Waals surface area contributed by atoms with Crippen LogP contribution >= 0.6 is 0 Å². The zero-order valence-corrected chi connectivity index (χ0v) is 11.5. The maximum Gasteiger partial charge on any atom is 0.341 e. The van der Waals surface area contributed by atoms with Crippen LogP contribution < -0.4 is 11.1 Å². The fourth-order valence-corrected chi connectivity index (χ4v) is 2.58. The van der Waals surface area contributed by atoms with E-state index in [1.807, 2.05) is 6.92 Å². The second kappa shape index (κ2) is 6.81. The van der Waals surface area contributed by atoms with Crippen molar-refractivity contribution >= 4 is 15.5 Å². The number of para-hydroxylation sites is 1. The first-order valence-electron chi connectivity index (χ1n) is 6.00. The first kappa shape index (κ1) is 15.8. The molecule has 0 aliphatic heterocycles. The largest absolute Gasteiger partial charge is 0.382 e. The lowest BCUT2D eigenvalue weighted by molar-refractivity contribution is 0.235. The van der Waals surface area contributed by atoms with Crippen LogP contribution in [0.3, 0.4) is 0 Å². The Morgan fingerprint density at radius 2 is 1.95 bits per heavy atom. The third kappa shape index (κ3) is 4.14. The molecule has 0 aliphatic rings. The van der Waals surface area contributed by atoms with Crippen LogP contribution in [0.25, 0.3) is 0 Å². The van der Waals surface area contributed by atoms with Gasteiger partial charge >= 0.3 is 5.76 Å². The zero-order chi connectivity index (χ0) is 14.5. The molecule has 1 unspecified atom stereocenters. The Labute approximate surface area is 111 Å². The normalized spacial score (nSPS) is 13.5. The number of rotatable bonds is 7. The average molecular weight is 292 g/mol. The van der Waals surface area contributed by atoms with E-state index >= 15 is 0 Å². The molecular formula is C12H18F2N2O2S. The van der Waals surface area contributed by atoms with Crippen molar-refractivity contribution in [2.75, 3.05) is 11.9 Å². The summed E-state index contributed by atoms with van der Waals surface area (Å²) >= 11 is 0. The van der Waals surface area contributed by atoms with E-state index in [9.17, 15) is 17.2 Å². The Morgan fingerprint density at radius 3 is 2.53 bits per heavy atom. The highest BCUT2D eigenvalue weighted by atomic mass is 32.2. The highest BCUT2D eigenvalue weighted by Crippen LogP contribution is 2.25. The molecule has 108 valence electrons. The van der Waals surface area contributed by atoms with E-state index < -0.39 is 20.5 Å². The number of alkyl halides is 2. The van der Waals surface area contributed by atoms with Crippen molar-refractivity contribution in [3.63, 3.8) is 0 Å². The lowest BCUT2D eigenvalue weighted by Crippen LogP contribution is -2.29. The molecule has 0 bridgehead atoms. The minimum absolute atomic E-state index is 0.146. The minimum atomic E-state index is -4.60. The van der Waals surface area contributed by atoms with E-state index in [-0.39, 0.29) is 11.7 Å². The fraction of sp³-hybridized carbons (Fsp3) is 0.500. The van der Waals surface area contributed by atoms with Crippen molar-refractivity contribution in [2.24, 2.45) is 5.73 Å². The Bertz CT molecular complexity index is 506. The van der Waals surface area contributed by atoms with Gasteiger partial charge in [-0.05, 0) is 18.6 Å². The SMILES string of the molecule is CCCC(N)CNc1ccccc1S(=O)(=O)C(F)F. The molecular weight excluding hydrogens is 274 g/mol. The summed E-state index contributed by atoms with van der Waals surface area (Å²) in [6.45, 7) is 2.32. The van der Waals surface area contributed by atoms with Gasteiger partial charge in [0.05, 0.1) is 10.6 Å². The maximum atomic E-state index is 12.6. The van der Waals surface area contributed by atoms with Crippen molar-refractivity contribution in [1.29, 1.82) is 0 Å². The van der Waals surface area contributed by atoms with Gasteiger partial charge in [0.15, 0.2) is 0 Å². The molecule has 0 saturated heterocycles. The molecule has 0 amide bonds. The predicted octanol–water partition coefficient (Wildman–Crippen LogP) is 2.22. The molecule has 1 rings (SSSR count). The Balaban J connectivity index is 2.91. The molecule has 0 fully saturated rings. The van der Waals surface area contributed by atoms with Crippen molar-refractivity contribution in [2.45, 2.75) is 36.5 Å². The van der Waals surface area contributed by atoms with Gasteiger partial charge in [-0.25, -0.2) is 8.42 Å². The summed E-state index contributed by atoms with van der Waals surface area (Å²) in [5.74, 6) is -3.43. The van der Waals surface area contributed by atoms with Gasteiger partial charge in [0.25, 0.3) is 0 Å². The fourth-order valence-electron chi connectivity index (χ4n) is 1.67. The average Bonchev–Trinajstić information content (AvgIpc) is 2.37. The van der Waals surface area contributed by atoms with Gasteiger partial charge in [-0.1, -0.05) is 25.5 Å². The second-order valence-corrected chi connectivity index (χ2v) is 6.12. The van der Waals surface area contributed by atoms with Gasteiger partial charge in [0.1, 0.15) is 0 Å². The zero-order valence-electron chi connectivity index (χ0n) is 10.6. The van der Waals surface area contributed by atoms with Crippen LogP contribution in [-0.4, -0.2) is 26.8 Å². The number of sulfone groups is 1. The number of anilines is 1. The van der Waals surface area contributed by atoms with E-state index in [2.05, 4.69) is 5.32 Å². The van der Waals surface area contributed by atoms with Crippen LogP contribution in [0.15, 0.2) is 29.2 Å². The first-order chi connectivity index (χ1) is 8.89. The van der Waals surface area contributed by atoms with Crippen molar-refractivity contribution < 1.29 is 17.2 Å². The Hall–Kier alpha value is -1.21. The summed E-state index contributed by atoms with van der Waals surface area (Å²) in [6.07, 6.45) is 1.68. The van der Waals surface area contributed by atoms with Gasteiger partial charge in [-0.15, -0.1) is 0 Å². The molecule has 0 aromatic heterocycles.